The topological polar surface area (TPSA) is 58.4 Å². The summed E-state index contributed by atoms with van der Waals surface area (Å²) < 4.78 is 1.85. The van der Waals surface area contributed by atoms with Gasteiger partial charge in [-0.3, -0.25) is 9.48 Å². The van der Waals surface area contributed by atoms with Gasteiger partial charge in [-0.2, -0.15) is 5.10 Å². The van der Waals surface area contributed by atoms with Gasteiger partial charge < -0.3 is 10.0 Å². The zero-order valence-corrected chi connectivity index (χ0v) is 12.8. The van der Waals surface area contributed by atoms with Gasteiger partial charge in [0.2, 0.25) is 0 Å². The molecule has 1 aliphatic rings. The monoisotopic (exact) mass is 299 g/mol. The van der Waals surface area contributed by atoms with Crippen molar-refractivity contribution < 1.29 is 9.90 Å². The molecule has 5 nitrogen and oxygen atoms in total. The van der Waals surface area contributed by atoms with E-state index in [9.17, 15) is 9.90 Å². The molecule has 2 heterocycles. The van der Waals surface area contributed by atoms with Crippen molar-refractivity contribution in [3.63, 3.8) is 0 Å². The summed E-state index contributed by atoms with van der Waals surface area (Å²) in [6.07, 6.45) is 5.46. The molecular formula is C17H21N3O2. The van der Waals surface area contributed by atoms with Gasteiger partial charge in [0.05, 0.1) is 18.7 Å². The van der Waals surface area contributed by atoms with Crippen molar-refractivity contribution in [2.24, 2.45) is 0 Å². The molecule has 1 atom stereocenters. The molecule has 2 aromatic rings. The fourth-order valence-electron chi connectivity index (χ4n) is 3.02. The Bertz CT molecular complexity index is 636. The second kappa shape index (κ2) is 5.93. The van der Waals surface area contributed by atoms with Crippen LogP contribution >= 0.6 is 0 Å². The average molecular weight is 299 g/mol. The maximum atomic E-state index is 12.6. The molecular weight excluding hydrogens is 278 g/mol. The van der Waals surface area contributed by atoms with E-state index in [1.807, 2.05) is 48.1 Å². The molecule has 1 N–H and O–H groups in total. The zero-order valence-electron chi connectivity index (χ0n) is 12.8. The van der Waals surface area contributed by atoms with E-state index < -0.39 is 5.54 Å². The summed E-state index contributed by atoms with van der Waals surface area (Å²) in [4.78, 5) is 14.4. The van der Waals surface area contributed by atoms with Gasteiger partial charge in [0.1, 0.15) is 0 Å². The molecule has 1 amide bonds. The highest BCUT2D eigenvalue weighted by atomic mass is 16.3. The quantitative estimate of drug-likeness (QED) is 0.938. The third-order valence-electron chi connectivity index (χ3n) is 4.44. The van der Waals surface area contributed by atoms with E-state index in [1.54, 1.807) is 11.1 Å². The summed E-state index contributed by atoms with van der Waals surface area (Å²) in [7, 11) is 0. The third kappa shape index (κ3) is 2.76. The number of carbonyl (C=O) groups excluding carboxylic acids is 1. The van der Waals surface area contributed by atoms with Gasteiger partial charge in [-0.05, 0) is 43.5 Å². The molecule has 0 radical (unpaired) electrons. The number of aliphatic hydroxyl groups is 1. The number of benzene rings is 1. The summed E-state index contributed by atoms with van der Waals surface area (Å²) >= 11 is 0. The highest BCUT2D eigenvalue weighted by molar-refractivity contribution is 5.95. The van der Waals surface area contributed by atoms with Crippen molar-refractivity contribution in [1.29, 1.82) is 0 Å². The van der Waals surface area contributed by atoms with Gasteiger partial charge in [-0.1, -0.05) is 12.1 Å². The number of carbonyl (C=O) groups is 1. The van der Waals surface area contributed by atoms with Gasteiger partial charge in [-0.15, -0.1) is 0 Å². The second-order valence-corrected chi connectivity index (χ2v) is 6.12. The highest BCUT2D eigenvalue weighted by Gasteiger charge is 2.39. The van der Waals surface area contributed by atoms with E-state index in [2.05, 4.69) is 5.10 Å². The molecule has 1 saturated heterocycles. The highest BCUT2D eigenvalue weighted by Crippen LogP contribution is 2.30. The van der Waals surface area contributed by atoms with Crippen LogP contribution in [0.15, 0.2) is 42.7 Å². The van der Waals surface area contributed by atoms with Crippen molar-refractivity contribution in [2.45, 2.75) is 31.8 Å². The number of amides is 1. The zero-order chi connectivity index (χ0) is 15.6. The number of hydrogen-bond donors (Lipinski definition) is 1. The smallest absolute Gasteiger partial charge is 0.254 e. The summed E-state index contributed by atoms with van der Waals surface area (Å²) in [6, 6.07) is 9.53. The normalized spacial score (nSPS) is 21.3. The average Bonchev–Trinajstić information content (AvgIpc) is 3.17. The predicted octanol–water partition coefficient (Wildman–Crippen LogP) is 1.92. The number of hydrogen-bond acceptors (Lipinski definition) is 3. The molecule has 1 fully saturated rings. The first-order chi connectivity index (χ1) is 10.6. The molecule has 0 spiro atoms. The van der Waals surface area contributed by atoms with Crippen LogP contribution in [0, 0.1) is 0 Å². The van der Waals surface area contributed by atoms with Crippen molar-refractivity contribution in [3.05, 3.63) is 53.9 Å². The lowest BCUT2D eigenvalue weighted by Gasteiger charge is -2.33. The Balaban J connectivity index is 1.73. The molecule has 0 aliphatic carbocycles. The minimum Gasteiger partial charge on any atom is -0.394 e. The van der Waals surface area contributed by atoms with Crippen LogP contribution in [0.2, 0.25) is 0 Å². The molecule has 116 valence electrons. The van der Waals surface area contributed by atoms with Crippen molar-refractivity contribution >= 4 is 5.91 Å². The lowest BCUT2D eigenvalue weighted by atomic mass is 9.99. The lowest BCUT2D eigenvalue weighted by Crippen LogP contribution is -2.47. The van der Waals surface area contributed by atoms with E-state index in [4.69, 9.17) is 0 Å². The van der Waals surface area contributed by atoms with Crippen LogP contribution in [0.4, 0.5) is 0 Å². The van der Waals surface area contributed by atoms with E-state index in [-0.39, 0.29) is 12.5 Å². The third-order valence-corrected chi connectivity index (χ3v) is 4.44. The van der Waals surface area contributed by atoms with Crippen LogP contribution < -0.4 is 0 Å². The van der Waals surface area contributed by atoms with Crippen LogP contribution in [-0.2, 0) is 6.54 Å². The summed E-state index contributed by atoms with van der Waals surface area (Å²) in [5.74, 6) is -0.000288. The fraction of sp³-hybridized carbons (Fsp3) is 0.412. The van der Waals surface area contributed by atoms with Gasteiger partial charge in [0.15, 0.2) is 0 Å². The van der Waals surface area contributed by atoms with Crippen LogP contribution in [0.3, 0.4) is 0 Å². The second-order valence-electron chi connectivity index (χ2n) is 6.12. The first-order valence-electron chi connectivity index (χ1n) is 7.62. The molecule has 1 aromatic heterocycles. The molecule has 1 aliphatic heterocycles. The van der Waals surface area contributed by atoms with Crippen molar-refractivity contribution in [1.82, 2.24) is 14.7 Å². The minimum absolute atomic E-state index is 0.000288. The number of rotatable bonds is 4. The maximum absolute atomic E-state index is 12.6. The Morgan fingerprint density at radius 3 is 2.77 bits per heavy atom. The Morgan fingerprint density at radius 1 is 1.36 bits per heavy atom. The van der Waals surface area contributed by atoms with Crippen LogP contribution in [-0.4, -0.2) is 44.4 Å². The SMILES string of the molecule is CC1(CO)CCCN1C(=O)c1ccc(Cn2cccn2)cc1. The van der Waals surface area contributed by atoms with Crippen molar-refractivity contribution in [2.75, 3.05) is 13.2 Å². The molecule has 22 heavy (non-hydrogen) atoms. The molecule has 5 heteroatoms. The standard InChI is InChI=1S/C17H21N3O2/c1-17(13-21)8-2-11-20(17)16(22)15-6-4-14(5-7-15)12-19-10-3-9-18-19/h3-7,9-10,21H,2,8,11-13H2,1H3. The van der Waals surface area contributed by atoms with Gasteiger partial charge in [0, 0.05) is 24.5 Å². The largest absolute Gasteiger partial charge is 0.394 e. The number of aromatic nitrogens is 2. The fourth-order valence-corrected chi connectivity index (χ4v) is 3.02. The lowest BCUT2D eigenvalue weighted by molar-refractivity contribution is 0.0473. The Hall–Kier alpha value is -2.14. The van der Waals surface area contributed by atoms with Gasteiger partial charge >= 0.3 is 0 Å². The van der Waals surface area contributed by atoms with Crippen LogP contribution in [0.1, 0.15) is 35.7 Å². The van der Waals surface area contributed by atoms with Gasteiger partial charge in [-0.25, -0.2) is 0 Å². The Kier molecular flexibility index (Phi) is 3.98. The van der Waals surface area contributed by atoms with E-state index >= 15 is 0 Å². The number of aliphatic hydroxyl groups excluding tert-OH is 1. The minimum atomic E-state index is -0.426. The Labute approximate surface area is 130 Å². The summed E-state index contributed by atoms with van der Waals surface area (Å²) in [5.41, 5.74) is 1.35. The molecule has 3 rings (SSSR count). The molecule has 0 saturated carbocycles. The number of likely N-dealkylation sites (tertiary alicyclic amines) is 1. The molecule has 1 aromatic carbocycles. The van der Waals surface area contributed by atoms with Crippen molar-refractivity contribution in [3.8, 4) is 0 Å². The van der Waals surface area contributed by atoms with E-state index in [0.29, 0.717) is 18.7 Å². The van der Waals surface area contributed by atoms with E-state index in [1.165, 1.54) is 0 Å². The molecule has 1 unspecified atom stereocenters. The van der Waals surface area contributed by atoms with Gasteiger partial charge in [0.25, 0.3) is 5.91 Å². The first kappa shape index (κ1) is 14.8. The van der Waals surface area contributed by atoms with Crippen LogP contribution in [0.25, 0.3) is 0 Å². The predicted molar refractivity (Wildman–Crippen MR) is 83.5 cm³/mol. The van der Waals surface area contributed by atoms with Crippen LogP contribution in [0.5, 0.6) is 0 Å². The summed E-state index contributed by atoms with van der Waals surface area (Å²) in [6.45, 7) is 3.37. The molecule has 0 bridgehead atoms. The summed E-state index contributed by atoms with van der Waals surface area (Å²) in [5, 5.41) is 13.8. The Morgan fingerprint density at radius 2 is 2.14 bits per heavy atom. The maximum Gasteiger partial charge on any atom is 0.254 e. The van der Waals surface area contributed by atoms with E-state index in [0.717, 1.165) is 18.4 Å². The number of nitrogens with zero attached hydrogens (tertiary/aromatic N) is 3. The first-order valence-corrected chi connectivity index (χ1v) is 7.62.